The summed E-state index contributed by atoms with van der Waals surface area (Å²) in [7, 11) is 1.32. The number of rotatable bonds is 3. The predicted octanol–water partition coefficient (Wildman–Crippen LogP) is 0.908. The van der Waals surface area contributed by atoms with Crippen molar-refractivity contribution in [1.82, 2.24) is 9.80 Å². The number of carbonyl (C=O) groups excluding carboxylic acids is 2. The number of benzene rings is 1. The molecular weight excluding hydrogens is 290 g/mol. The molecule has 8 heteroatoms. The quantitative estimate of drug-likeness (QED) is 0.611. The summed E-state index contributed by atoms with van der Waals surface area (Å²) in [6.07, 6.45) is 0. The van der Waals surface area contributed by atoms with Crippen molar-refractivity contribution < 1.29 is 19.2 Å². The van der Waals surface area contributed by atoms with Crippen LogP contribution in [0.25, 0.3) is 0 Å². The van der Waals surface area contributed by atoms with Gasteiger partial charge >= 0.3 is 5.69 Å². The molecule has 0 aromatic heterocycles. The first-order valence-corrected chi connectivity index (χ1v) is 6.81. The van der Waals surface area contributed by atoms with Gasteiger partial charge in [-0.1, -0.05) is 0 Å². The molecule has 1 aromatic carbocycles. The molecule has 1 aliphatic heterocycles. The molecule has 0 unspecified atom stereocenters. The fourth-order valence-corrected chi connectivity index (χ4v) is 2.37. The molecule has 0 N–H and O–H groups in total. The van der Waals surface area contributed by atoms with Crippen LogP contribution in [0.1, 0.15) is 17.3 Å². The zero-order valence-corrected chi connectivity index (χ0v) is 12.4. The molecule has 1 heterocycles. The van der Waals surface area contributed by atoms with Crippen LogP contribution in [0.5, 0.6) is 5.75 Å². The van der Waals surface area contributed by atoms with Crippen LogP contribution in [0.2, 0.25) is 0 Å². The van der Waals surface area contributed by atoms with Crippen LogP contribution in [0, 0.1) is 10.1 Å². The largest absolute Gasteiger partial charge is 0.490 e. The molecule has 0 atom stereocenters. The van der Waals surface area contributed by atoms with Crippen molar-refractivity contribution in [2.75, 3.05) is 33.3 Å². The maximum atomic E-state index is 12.4. The highest BCUT2D eigenvalue weighted by molar-refractivity contribution is 5.95. The fraction of sp³-hybridized carbons (Fsp3) is 0.429. The number of nitrogens with zero attached hydrogens (tertiary/aromatic N) is 3. The lowest BCUT2D eigenvalue weighted by Gasteiger charge is -2.34. The highest BCUT2D eigenvalue weighted by Crippen LogP contribution is 2.28. The van der Waals surface area contributed by atoms with Crippen molar-refractivity contribution in [3.05, 3.63) is 33.9 Å². The first kappa shape index (κ1) is 15.7. The van der Waals surface area contributed by atoms with Gasteiger partial charge < -0.3 is 14.5 Å². The summed E-state index contributed by atoms with van der Waals surface area (Å²) in [5.41, 5.74) is 0.152. The van der Waals surface area contributed by atoms with Crippen molar-refractivity contribution in [1.29, 1.82) is 0 Å². The van der Waals surface area contributed by atoms with Crippen molar-refractivity contribution in [2.45, 2.75) is 6.92 Å². The minimum Gasteiger partial charge on any atom is -0.490 e. The van der Waals surface area contributed by atoms with E-state index in [9.17, 15) is 19.7 Å². The first-order chi connectivity index (χ1) is 10.4. The molecule has 2 rings (SSSR count). The molecule has 1 aromatic rings. The SMILES string of the molecule is COc1cc(C(=O)N2CCN(C(C)=O)CC2)ccc1[N+](=O)[O-]. The number of nitro groups is 1. The highest BCUT2D eigenvalue weighted by Gasteiger charge is 2.25. The number of ether oxygens (including phenoxy) is 1. The van der Waals surface area contributed by atoms with E-state index in [1.54, 1.807) is 9.80 Å². The van der Waals surface area contributed by atoms with E-state index in [-0.39, 0.29) is 23.3 Å². The Kier molecular flexibility index (Phi) is 4.59. The number of hydrogen-bond acceptors (Lipinski definition) is 5. The second-order valence-electron chi connectivity index (χ2n) is 4.94. The summed E-state index contributed by atoms with van der Waals surface area (Å²) in [5.74, 6) is -0.182. The number of amides is 2. The summed E-state index contributed by atoms with van der Waals surface area (Å²) in [4.78, 5) is 37.3. The maximum Gasteiger partial charge on any atom is 0.310 e. The Morgan fingerprint density at radius 1 is 1.18 bits per heavy atom. The van der Waals surface area contributed by atoms with E-state index in [1.165, 1.54) is 32.2 Å². The summed E-state index contributed by atoms with van der Waals surface area (Å²) in [6.45, 7) is 3.37. The zero-order valence-electron chi connectivity index (χ0n) is 12.4. The molecule has 0 bridgehead atoms. The van der Waals surface area contributed by atoms with Gasteiger partial charge in [-0.05, 0) is 6.07 Å². The molecule has 22 heavy (non-hydrogen) atoms. The second kappa shape index (κ2) is 6.42. The van der Waals surface area contributed by atoms with Gasteiger partial charge in [0.05, 0.1) is 12.0 Å². The normalized spacial score (nSPS) is 14.6. The smallest absolute Gasteiger partial charge is 0.310 e. The van der Waals surface area contributed by atoms with Crippen molar-refractivity contribution in [2.24, 2.45) is 0 Å². The highest BCUT2D eigenvalue weighted by atomic mass is 16.6. The third kappa shape index (κ3) is 3.16. The molecule has 0 spiro atoms. The number of hydrogen-bond donors (Lipinski definition) is 0. The molecule has 8 nitrogen and oxygen atoms in total. The Balaban J connectivity index is 2.13. The van der Waals surface area contributed by atoms with Crippen molar-refractivity contribution in [3.8, 4) is 5.75 Å². The van der Waals surface area contributed by atoms with Gasteiger partial charge in [0.2, 0.25) is 5.91 Å². The van der Waals surface area contributed by atoms with Crippen molar-refractivity contribution in [3.63, 3.8) is 0 Å². The lowest BCUT2D eigenvalue weighted by Crippen LogP contribution is -2.50. The van der Waals surface area contributed by atoms with Crippen molar-refractivity contribution >= 4 is 17.5 Å². The van der Waals surface area contributed by atoms with Crippen LogP contribution < -0.4 is 4.74 Å². The minimum atomic E-state index is -0.557. The Labute approximate surface area is 127 Å². The third-order valence-electron chi connectivity index (χ3n) is 3.64. The average Bonchev–Trinajstić information content (AvgIpc) is 2.53. The van der Waals surface area contributed by atoms with Gasteiger partial charge in [0.25, 0.3) is 5.91 Å². The maximum absolute atomic E-state index is 12.4. The predicted molar refractivity (Wildman–Crippen MR) is 77.8 cm³/mol. The van der Waals surface area contributed by atoms with E-state index in [0.717, 1.165) is 0 Å². The van der Waals surface area contributed by atoms with Crippen LogP contribution in [0.4, 0.5) is 5.69 Å². The van der Waals surface area contributed by atoms with Gasteiger partial charge in [-0.2, -0.15) is 0 Å². The fourth-order valence-electron chi connectivity index (χ4n) is 2.37. The Morgan fingerprint density at radius 3 is 2.27 bits per heavy atom. The molecule has 0 radical (unpaired) electrons. The van der Waals surface area contributed by atoms with Crippen LogP contribution in [0.3, 0.4) is 0 Å². The molecular formula is C14H17N3O5. The number of carbonyl (C=O) groups is 2. The van der Waals surface area contributed by atoms with E-state index in [1.807, 2.05) is 0 Å². The van der Waals surface area contributed by atoms with Crippen LogP contribution >= 0.6 is 0 Å². The number of methoxy groups -OCH3 is 1. The summed E-state index contributed by atoms with van der Waals surface area (Å²) < 4.78 is 4.97. The van der Waals surface area contributed by atoms with Crippen LogP contribution in [-0.4, -0.2) is 59.8 Å². The van der Waals surface area contributed by atoms with Gasteiger partial charge in [0, 0.05) is 50.8 Å². The van der Waals surface area contributed by atoms with E-state index >= 15 is 0 Å². The molecule has 0 aliphatic carbocycles. The van der Waals surface area contributed by atoms with Crippen LogP contribution in [0.15, 0.2) is 18.2 Å². The first-order valence-electron chi connectivity index (χ1n) is 6.81. The monoisotopic (exact) mass is 307 g/mol. The average molecular weight is 307 g/mol. The van der Waals surface area contributed by atoms with E-state index < -0.39 is 4.92 Å². The van der Waals surface area contributed by atoms with E-state index in [2.05, 4.69) is 0 Å². The van der Waals surface area contributed by atoms with Gasteiger partial charge in [-0.3, -0.25) is 19.7 Å². The summed E-state index contributed by atoms with van der Waals surface area (Å²) in [5, 5.41) is 10.9. The second-order valence-corrected chi connectivity index (χ2v) is 4.94. The third-order valence-corrected chi connectivity index (χ3v) is 3.64. The van der Waals surface area contributed by atoms with E-state index in [0.29, 0.717) is 31.7 Å². The summed E-state index contributed by atoms with van der Waals surface area (Å²) >= 11 is 0. The van der Waals surface area contributed by atoms with Crippen LogP contribution in [-0.2, 0) is 4.79 Å². The minimum absolute atomic E-state index is 0.0101. The zero-order chi connectivity index (χ0) is 16.3. The Bertz CT molecular complexity index is 608. The molecule has 1 saturated heterocycles. The Morgan fingerprint density at radius 2 is 1.77 bits per heavy atom. The standard InChI is InChI=1S/C14H17N3O5/c1-10(18)15-5-7-16(8-6-15)14(19)11-3-4-12(17(20)21)13(9-11)22-2/h3-4,9H,5-8H2,1-2H3. The molecule has 1 aliphatic rings. The van der Waals surface area contributed by atoms with Gasteiger partial charge in [-0.15, -0.1) is 0 Å². The number of piperazine rings is 1. The number of nitro benzene ring substituents is 1. The summed E-state index contributed by atoms with van der Waals surface area (Å²) in [6, 6.07) is 4.05. The molecule has 0 saturated carbocycles. The van der Waals surface area contributed by atoms with E-state index in [4.69, 9.17) is 4.74 Å². The van der Waals surface area contributed by atoms with Gasteiger partial charge in [0.1, 0.15) is 0 Å². The Hall–Kier alpha value is -2.64. The lowest BCUT2D eigenvalue weighted by molar-refractivity contribution is -0.385. The molecule has 2 amide bonds. The van der Waals surface area contributed by atoms with Gasteiger partial charge in [0.15, 0.2) is 5.75 Å². The molecule has 1 fully saturated rings. The lowest BCUT2D eigenvalue weighted by atomic mass is 10.1. The molecule has 118 valence electrons. The van der Waals surface area contributed by atoms with Gasteiger partial charge in [-0.25, -0.2) is 0 Å². The topological polar surface area (TPSA) is 93.0 Å².